The second kappa shape index (κ2) is 7.26. The summed E-state index contributed by atoms with van der Waals surface area (Å²) in [6, 6.07) is 7.01. The van der Waals surface area contributed by atoms with Gasteiger partial charge in [-0.1, -0.05) is 23.7 Å². The summed E-state index contributed by atoms with van der Waals surface area (Å²) in [7, 11) is -3.25. The Labute approximate surface area is 136 Å². The Hall–Kier alpha value is -1.37. The summed E-state index contributed by atoms with van der Waals surface area (Å²) >= 11 is 5.90. The lowest BCUT2D eigenvalue weighted by atomic mass is 10.1. The van der Waals surface area contributed by atoms with E-state index < -0.39 is 10.0 Å². The first-order valence-corrected chi connectivity index (χ1v) is 9.30. The third-order valence-corrected chi connectivity index (χ3v) is 4.38. The number of hydrogen-bond acceptors (Lipinski definition) is 3. The van der Waals surface area contributed by atoms with Crippen molar-refractivity contribution >= 4 is 33.6 Å². The van der Waals surface area contributed by atoms with E-state index in [0.29, 0.717) is 18.1 Å². The number of hydrogen-bond donors (Lipinski definition) is 1. The molecule has 1 N–H and O–H groups in total. The largest absolute Gasteiger partial charge is 0.338 e. The Bertz CT molecular complexity index is 673. The van der Waals surface area contributed by atoms with E-state index in [2.05, 4.69) is 4.72 Å². The number of benzene rings is 1. The first-order chi connectivity index (χ1) is 10.3. The molecule has 0 unspecified atom stereocenters. The smallest absolute Gasteiger partial charge is 0.246 e. The average Bonchev–Trinajstić information content (AvgIpc) is 2.43. The van der Waals surface area contributed by atoms with Crippen LogP contribution in [0.3, 0.4) is 0 Å². The predicted molar refractivity (Wildman–Crippen MR) is 88.1 cm³/mol. The molecule has 0 aliphatic carbocycles. The third kappa shape index (κ3) is 5.44. The van der Waals surface area contributed by atoms with Gasteiger partial charge in [-0.15, -0.1) is 0 Å². The number of amides is 1. The van der Waals surface area contributed by atoms with E-state index >= 15 is 0 Å². The molecule has 1 aromatic carbocycles. The van der Waals surface area contributed by atoms with Crippen molar-refractivity contribution in [3.05, 3.63) is 40.9 Å². The Balaban J connectivity index is 1.97. The molecule has 1 heterocycles. The number of carbonyl (C=O) groups is 1. The number of carbonyl (C=O) groups excluding carboxylic acids is 1. The molecular weight excluding hydrogens is 324 g/mol. The quantitative estimate of drug-likeness (QED) is 0.850. The molecule has 0 radical (unpaired) electrons. The van der Waals surface area contributed by atoms with Gasteiger partial charge in [-0.25, -0.2) is 13.1 Å². The Morgan fingerprint density at radius 2 is 2.23 bits per heavy atom. The van der Waals surface area contributed by atoms with E-state index in [1.54, 1.807) is 23.1 Å². The van der Waals surface area contributed by atoms with E-state index in [1.807, 2.05) is 12.1 Å². The highest BCUT2D eigenvalue weighted by Crippen LogP contribution is 2.14. The fourth-order valence-corrected chi connectivity index (χ4v) is 3.46. The summed E-state index contributed by atoms with van der Waals surface area (Å²) in [5.41, 5.74) is 0.851. The van der Waals surface area contributed by atoms with Crippen LogP contribution in [0.25, 0.3) is 6.08 Å². The molecule has 0 saturated carbocycles. The zero-order valence-corrected chi connectivity index (χ0v) is 13.9. The van der Waals surface area contributed by atoms with Crippen molar-refractivity contribution in [3.8, 4) is 0 Å². The molecule has 5 nitrogen and oxygen atoms in total. The molecular formula is C15H19ClN2O3S. The number of rotatable bonds is 4. The topological polar surface area (TPSA) is 66.5 Å². The van der Waals surface area contributed by atoms with Gasteiger partial charge in [0.15, 0.2) is 0 Å². The van der Waals surface area contributed by atoms with Crippen LogP contribution < -0.4 is 4.72 Å². The number of piperidine rings is 1. The third-order valence-electron chi connectivity index (χ3n) is 3.38. The molecule has 0 aromatic heterocycles. The average molecular weight is 343 g/mol. The van der Waals surface area contributed by atoms with Gasteiger partial charge in [-0.05, 0) is 36.6 Å². The zero-order valence-electron chi connectivity index (χ0n) is 12.3. The zero-order chi connectivity index (χ0) is 16.2. The highest BCUT2D eigenvalue weighted by atomic mass is 35.5. The SMILES string of the molecule is CS(=O)(=O)N[C@@H]1CCCN(C(=O)/C=C\c2cccc(Cl)c2)C1. The monoisotopic (exact) mass is 342 g/mol. The van der Waals surface area contributed by atoms with Gasteiger partial charge >= 0.3 is 0 Å². The van der Waals surface area contributed by atoms with Crippen molar-refractivity contribution in [3.63, 3.8) is 0 Å². The molecule has 1 amide bonds. The molecule has 0 spiro atoms. The van der Waals surface area contributed by atoms with Crippen LogP contribution in [-0.4, -0.2) is 44.6 Å². The number of sulfonamides is 1. The van der Waals surface area contributed by atoms with Crippen molar-refractivity contribution < 1.29 is 13.2 Å². The van der Waals surface area contributed by atoms with Gasteiger partial charge in [-0.2, -0.15) is 0 Å². The van der Waals surface area contributed by atoms with Crippen LogP contribution in [0.15, 0.2) is 30.3 Å². The van der Waals surface area contributed by atoms with Crippen molar-refractivity contribution in [2.75, 3.05) is 19.3 Å². The summed E-state index contributed by atoms with van der Waals surface area (Å²) in [6.07, 6.45) is 5.86. The Kier molecular flexibility index (Phi) is 5.61. The minimum atomic E-state index is -3.25. The Morgan fingerprint density at radius 1 is 1.45 bits per heavy atom. The van der Waals surface area contributed by atoms with E-state index in [-0.39, 0.29) is 11.9 Å². The molecule has 1 saturated heterocycles. The van der Waals surface area contributed by atoms with Crippen LogP contribution in [0.4, 0.5) is 0 Å². The van der Waals surface area contributed by atoms with Crippen molar-refractivity contribution in [2.24, 2.45) is 0 Å². The van der Waals surface area contributed by atoms with Crippen molar-refractivity contribution in [1.82, 2.24) is 9.62 Å². The highest BCUT2D eigenvalue weighted by molar-refractivity contribution is 7.88. The molecule has 1 atom stereocenters. The normalized spacial score (nSPS) is 19.5. The molecule has 1 aliphatic heterocycles. The maximum absolute atomic E-state index is 12.2. The summed E-state index contributed by atoms with van der Waals surface area (Å²) < 4.78 is 25.1. The Morgan fingerprint density at radius 3 is 2.91 bits per heavy atom. The highest BCUT2D eigenvalue weighted by Gasteiger charge is 2.24. The van der Waals surface area contributed by atoms with Crippen LogP contribution in [0.5, 0.6) is 0 Å². The fraction of sp³-hybridized carbons (Fsp3) is 0.400. The molecule has 0 bridgehead atoms. The maximum atomic E-state index is 12.2. The van der Waals surface area contributed by atoms with E-state index in [1.165, 1.54) is 6.08 Å². The van der Waals surface area contributed by atoms with Gasteiger partial charge in [0.2, 0.25) is 15.9 Å². The second-order valence-corrected chi connectivity index (χ2v) is 7.62. The number of nitrogens with one attached hydrogen (secondary N) is 1. The minimum Gasteiger partial charge on any atom is -0.338 e. The minimum absolute atomic E-state index is 0.125. The van der Waals surface area contributed by atoms with Gasteiger partial charge in [0.05, 0.1) is 6.26 Å². The second-order valence-electron chi connectivity index (χ2n) is 5.40. The lowest BCUT2D eigenvalue weighted by Crippen LogP contribution is -2.48. The van der Waals surface area contributed by atoms with Crippen LogP contribution in [0.2, 0.25) is 5.02 Å². The maximum Gasteiger partial charge on any atom is 0.246 e. The first kappa shape index (κ1) is 17.0. The van der Waals surface area contributed by atoms with E-state index in [0.717, 1.165) is 24.7 Å². The predicted octanol–water partition coefficient (Wildman–Crippen LogP) is 1.89. The lowest BCUT2D eigenvalue weighted by Gasteiger charge is -2.32. The number of nitrogens with zero attached hydrogens (tertiary/aromatic N) is 1. The summed E-state index contributed by atoms with van der Waals surface area (Å²) in [5.74, 6) is -0.125. The summed E-state index contributed by atoms with van der Waals surface area (Å²) in [5, 5.41) is 0.616. The molecule has 1 aliphatic rings. The van der Waals surface area contributed by atoms with Crippen LogP contribution in [-0.2, 0) is 14.8 Å². The molecule has 1 fully saturated rings. The molecule has 7 heteroatoms. The van der Waals surface area contributed by atoms with E-state index in [9.17, 15) is 13.2 Å². The van der Waals surface area contributed by atoms with Crippen molar-refractivity contribution in [1.29, 1.82) is 0 Å². The molecule has 120 valence electrons. The lowest BCUT2D eigenvalue weighted by molar-refractivity contribution is -0.127. The number of likely N-dealkylation sites (tertiary alicyclic amines) is 1. The standard InChI is InChI=1S/C15H19ClN2O3S/c1-22(20,21)17-14-6-3-9-18(11-14)15(19)8-7-12-4-2-5-13(16)10-12/h2,4-5,7-8,10,14,17H,3,6,9,11H2,1H3/b8-7-/t14-/m1/s1. The first-order valence-electron chi connectivity index (χ1n) is 7.03. The van der Waals surface area contributed by atoms with Gasteiger partial charge in [0, 0.05) is 30.2 Å². The van der Waals surface area contributed by atoms with Gasteiger partial charge in [-0.3, -0.25) is 4.79 Å². The summed E-state index contributed by atoms with van der Waals surface area (Å²) in [6.45, 7) is 1.03. The van der Waals surface area contributed by atoms with Crippen LogP contribution >= 0.6 is 11.6 Å². The van der Waals surface area contributed by atoms with Gasteiger partial charge in [0.25, 0.3) is 0 Å². The molecule has 2 rings (SSSR count). The van der Waals surface area contributed by atoms with Crippen molar-refractivity contribution in [2.45, 2.75) is 18.9 Å². The fourth-order valence-electron chi connectivity index (χ4n) is 2.46. The number of halogens is 1. The summed E-state index contributed by atoms with van der Waals surface area (Å²) in [4.78, 5) is 13.9. The van der Waals surface area contributed by atoms with E-state index in [4.69, 9.17) is 11.6 Å². The van der Waals surface area contributed by atoms with Crippen LogP contribution in [0.1, 0.15) is 18.4 Å². The van der Waals surface area contributed by atoms with Crippen LogP contribution in [0, 0.1) is 0 Å². The van der Waals surface area contributed by atoms with Gasteiger partial charge < -0.3 is 4.90 Å². The van der Waals surface area contributed by atoms with Gasteiger partial charge in [0.1, 0.15) is 0 Å². The molecule has 22 heavy (non-hydrogen) atoms. The molecule has 1 aromatic rings.